The molecule has 0 saturated carbocycles. The highest BCUT2D eigenvalue weighted by atomic mass is 19.1. The molecule has 0 amide bonds. The highest BCUT2D eigenvalue weighted by Gasteiger charge is 2.34. The van der Waals surface area contributed by atoms with Crippen molar-refractivity contribution >= 4 is 0 Å². The molecule has 21 heavy (non-hydrogen) atoms. The quantitative estimate of drug-likeness (QED) is 0.886. The molecule has 0 saturated heterocycles. The van der Waals surface area contributed by atoms with Gasteiger partial charge in [0.15, 0.2) is 0 Å². The molecule has 5 nitrogen and oxygen atoms in total. The van der Waals surface area contributed by atoms with Gasteiger partial charge in [0.2, 0.25) is 11.8 Å². The molecule has 3 N–H and O–H groups in total. The number of aryl methyl sites for hydroxylation is 1. The Morgan fingerprint density at radius 1 is 1.52 bits per heavy atom. The third-order valence-electron chi connectivity index (χ3n) is 3.55. The molecule has 2 heterocycles. The Labute approximate surface area is 120 Å². The Hall–Kier alpha value is -2.81. The van der Waals surface area contributed by atoms with Gasteiger partial charge in [-0.25, -0.2) is 4.39 Å². The number of halogens is 1. The number of fused-ring (bicyclic) bond motifs is 1. The molecule has 1 aromatic carbocycles. The lowest BCUT2D eigenvalue weighted by molar-refractivity contribution is 0.378. The first kappa shape index (κ1) is 13.2. The van der Waals surface area contributed by atoms with Crippen molar-refractivity contribution in [1.82, 2.24) is 10.2 Å². The van der Waals surface area contributed by atoms with Gasteiger partial charge < -0.3 is 10.5 Å². The number of nitriles is 1. The molecular formula is C15H13FN4O. The molecule has 3 rings (SSSR count). The Bertz CT molecular complexity index is 772. The van der Waals surface area contributed by atoms with Crippen LogP contribution in [0.3, 0.4) is 0 Å². The lowest BCUT2D eigenvalue weighted by Crippen LogP contribution is -2.21. The second-order valence-corrected chi connectivity index (χ2v) is 4.75. The maximum absolute atomic E-state index is 13.5. The van der Waals surface area contributed by atoms with Crippen LogP contribution in [0.25, 0.3) is 0 Å². The number of allylic oxidation sites excluding steroid dienone is 1. The van der Waals surface area contributed by atoms with Crippen LogP contribution < -0.4 is 10.5 Å². The molecule has 2 aromatic rings. The first-order valence-electron chi connectivity index (χ1n) is 6.55. The first-order chi connectivity index (χ1) is 10.2. The summed E-state index contributed by atoms with van der Waals surface area (Å²) in [6.45, 7) is 1.96. The fraction of sp³-hybridized carbons (Fsp3) is 0.200. The van der Waals surface area contributed by atoms with Crippen molar-refractivity contribution < 1.29 is 9.13 Å². The minimum Gasteiger partial charge on any atom is -0.420 e. The fourth-order valence-electron chi connectivity index (χ4n) is 2.60. The van der Waals surface area contributed by atoms with Crippen molar-refractivity contribution in [2.24, 2.45) is 5.73 Å². The van der Waals surface area contributed by atoms with Crippen LogP contribution in [0.5, 0.6) is 5.88 Å². The maximum atomic E-state index is 13.5. The number of hydrogen-bond acceptors (Lipinski definition) is 4. The molecule has 0 bridgehead atoms. The van der Waals surface area contributed by atoms with Crippen LogP contribution in [0.4, 0.5) is 4.39 Å². The summed E-state index contributed by atoms with van der Waals surface area (Å²) in [5, 5.41) is 16.4. The van der Waals surface area contributed by atoms with Gasteiger partial charge in [-0.1, -0.05) is 19.1 Å². The van der Waals surface area contributed by atoms with E-state index in [0.29, 0.717) is 17.9 Å². The molecule has 1 atom stereocenters. The van der Waals surface area contributed by atoms with Gasteiger partial charge in [-0.15, -0.1) is 5.10 Å². The van der Waals surface area contributed by atoms with Gasteiger partial charge in [-0.05, 0) is 24.1 Å². The van der Waals surface area contributed by atoms with Gasteiger partial charge >= 0.3 is 0 Å². The van der Waals surface area contributed by atoms with Crippen molar-refractivity contribution in [3.8, 4) is 11.9 Å². The summed E-state index contributed by atoms with van der Waals surface area (Å²) in [4.78, 5) is 0. The predicted molar refractivity (Wildman–Crippen MR) is 73.7 cm³/mol. The van der Waals surface area contributed by atoms with Crippen LogP contribution in [0.2, 0.25) is 0 Å². The molecule has 6 heteroatoms. The van der Waals surface area contributed by atoms with Crippen molar-refractivity contribution in [1.29, 1.82) is 5.26 Å². The maximum Gasteiger partial charge on any atom is 0.244 e. The normalized spacial score (nSPS) is 17.1. The van der Waals surface area contributed by atoms with E-state index in [1.165, 1.54) is 12.1 Å². The number of hydrogen-bond donors (Lipinski definition) is 2. The van der Waals surface area contributed by atoms with E-state index >= 15 is 0 Å². The van der Waals surface area contributed by atoms with Gasteiger partial charge in [0, 0.05) is 11.3 Å². The van der Waals surface area contributed by atoms with Crippen LogP contribution in [-0.2, 0) is 6.42 Å². The van der Waals surface area contributed by atoms with E-state index in [-0.39, 0.29) is 17.3 Å². The molecule has 106 valence electrons. The van der Waals surface area contributed by atoms with Crippen LogP contribution in [-0.4, -0.2) is 10.2 Å². The Balaban J connectivity index is 2.25. The van der Waals surface area contributed by atoms with Gasteiger partial charge in [-0.2, -0.15) is 5.26 Å². The molecule has 1 aromatic heterocycles. The van der Waals surface area contributed by atoms with Gasteiger partial charge in [0.05, 0.1) is 5.92 Å². The number of rotatable bonds is 2. The molecular weight excluding hydrogens is 271 g/mol. The number of H-pyrrole nitrogens is 1. The van der Waals surface area contributed by atoms with E-state index in [1.54, 1.807) is 12.1 Å². The number of nitrogens with two attached hydrogens (primary N) is 1. The Morgan fingerprint density at radius 2 is 2.33 bits per heavy atom. The first-order valence-corrected chi connectivity index (χ1v) is 6.55. The van der Waals surface area contributed by atoms with E-state index in [2.05, 4.69) is 16.3 Å². The number of aromatic nitrogens is 2. The molecule has 0 aliphatic carbocycles. The molecule has 0 fully saturated rings. The van der Waals surface area contributed by atoms with E-state index < -0.39 is 5.92 Å². The fourth-order valence-corrected chi connectivity index (χ4v) is 2.60. The van der Waals surface area contributed by atoms with Gasteiger partial charge in [0.1, 0.15) is 17.5 Å². The van der Waals surface area contributed by atoms with Crippen LogP contribution >= 0.6 is 0 Å². The zero-order valence-electron chi connectivity index (χ0n) is 11.4. The third-order valence-corrected chi connectivity index (χ3v) is 3.55. The second kappa shape index (κ2) is 4.94. The van der Waals surface area contributed by atoms with Crippen LogP contribution in [0.1, 0.15) is 29.7 Å². The standard InChI is InChI=1S/C15H13FN4O/c1-2-11-13-12(8-4-3-5-9(16)6-8)10(7-17)14(18)21-15(13)20-19-11/h3-6,12H,2,18H2,1H3,(H,19,20)/t12-/m1/s1. The summed E-state index contributed by atoms with van der Waals surface area (Å²) in [6, 6.07) is 8.20. The van der Waals surface area contributed by atoms with E-state index in [4.69, 9.17) is 10.5 Å². The van der Waals surface area contributed by atoms with Crippen molar-refractivity contribution in [2.45, 2.75) is 19.3 Å². The van der Waals surface area contributed by atoms with Crippen LogP contribution in [0, 0.1) is 17.1 Å². The smallest absolute Gasteiger partial charge is 0.244 e. The molecule has 0 radical (unpaired) electrons. The Kier molecular flexibility index (Phi) is 3.10. The molecule has 0 unspecified atom stereocenters. The second-order valence-electron chi connectivity index (χ2n) is 4.75. The van der Waals surface area contributed by atoms with E-state index in [9.17, 15) is 9.65 Å². The van der Waals surface area contributed by atoms with Gasteiger partial charge in [-0.3, -0.25) is 5.10 Å². The lowest BCUT2D eigenvalue weighted by atomic mass is 9.83. The van der Waals surface area contributed by atoms with Crippen molar-refractivity contribution in [3.05, 3.63) is 58.4 Å². The van der Waals surface area contributed by atoms with Crippen molar-refractivity contribution in [2.75, 3.05) is 0 Å². The minimum atomic E-state index is -0.469. The SMILES string of the molecule is CCc1[nH]nc2c1[C@H](c1cccc(F)c1)C(C#N)=C(N)O2. The van der Waals surface area contributed by atoms with E-state index in [0.717, 1.165) is 11.3 Å². The monoisotopic (exact) mass is 284 g/mol. The summed E-state index contributed by atoms with van der Waals surface area (Å²) >= 11 is 0. The summed E-state index contributed by atoms with van der Waals surface area (Å²) in [5.41, 5.74) is 8.32. The largest absolute Gasteiger partial charge is 0.420 e. The summed E-state index contributed by atoms with van der Waals surface area (Å²) in [7, 11) is 0. The van der Waals surface area contributed by atoms with E-state index in [1.807, 2.05) is 6.92 Å². The van der Waals surface area contributed by atoms with Crippen LogP contribution in [0.15, 0.2) is 35.7 Å². The number of nitrogens with one attached hydrogen (secondary N) is 1. The zero-order chi connectivity index (χ0) is 15.0. The number of aromatic amines is 1. The third kappa shape index (κ3) is 2.03. The highest BCUT2D eigenvalue weighted by molar-refractivity contribution is 5.55. The molecule has 0 spiro atoms. The number of ether oxygens (including phenoxy) is 1. The summed E-state index contributed by atoms with van der Waals surface area (Å²) < 4.78 is 18.9. The molecule has 1 aliphatic rings. The lowest BCUT2D eigenvalue weighted by Gasteiger charge is -2.23. The summed E-state index contributed by atoms with van der Waals surface area (Å²) in [5.74, 6) is -0.480. The predicted octanol–water partition coefficient (Wildman–Crippen LogP) is 2.33. The van der Waals surface area contributed by atoms with Gasteiger partial charge in [0.25, 0.3) is 0 Å². The zero-order valence-corrected chi connectivity index (χ0v) is 11.4. The molecule has 1 aliphatic heterocycles. The van der Waals surface area contributed by atoms with Crippen molar-refractivity contribution in [3.63, 3.8) is 0 Å². The topological polar surface area (TPSA) is 87.7 Å². The minimum absolute atomic E-state index is 0.00779. The average Bonchev–Trinajstić information content (AvgIpc) is 2.88. The summed E-state index contributed by atoms with van der Waals surface area (Å²) in [6.07, 6.45) is 0.691. The Morgan fingerprint density at radius 3 is 3.00 bits per heavy atom. The average molecular weight is 284 g/mol. The number of benzene rings is 1. The number of nitrogens with zero attached hydrogens (tertiary/aromatic N) is 2. The highest BCUT2D eigenvalue weighted by Crippen LogP contribution is 2.42.